The van der Waals surface area contributed by atoms with Crippen LogP contribution in [0.25, 0.3) is 10.9 Å². The van der Waals surface area contributed by atoms with Gasteiger partial charge in [-0.3, -0.25) is 4.79 Å². The number of nitrogens with zero attached hydrogens (tertiary/aromatic N) is 2. The molecule has 0 saturated heterocycles. The van der Waals surface area contributed by atoms with Crippen LogP contribution in [0.3, 0.4) is 0 Å². The molecule has 0 spiro atoms. The standard InChI is InChI=1S/C26H25FN4O3/c1-31(2)14-15-6-9-18(10-7-15)29-25(20-5-3-4-16(24(20)28)12-22(32)33)23-19-11-8-17(27)13-21(19)30-26(23)34/h3-11,13,30,34H,12,14,28H2,1-2H3,(H,32,33). The van der Waals surface area contributed by atoms with Gasteiger partial charge in [-0.25, -0.2) is 9.38 Å². The Balaban J connectivity index is 1.93. The first-order chi connectivity index (χ1) is 16.2. The zero-order valence-electron chi connectivity index (χ0n) is 18.8. The van der Waals surface area contributed by atoms with Gasteiger partial charge in [0.15, 0.2) is 5.88 Å². The molecule has 3 aromatic carbocycles. The van der Waals surface area contributed by atoms with Crippen LogP contribution in [0.2, 0.25) is 0 Å². The molecule has 5 N–H and O–H groups in total. The summed E-state index contributed by atoms with van der Waals surface area (Å²) >= 11 is 0. The van der Waals surface area contributed by atoms with Crippen LogP contribution in [0.5, 0.6) is 5.88 Å². The molecule has 0 amide bonds. The number of carboxylic acid groups (broad SMARTS) is 1. The molecule has 1 aromatic heterocycles. The lowest BCUT2D eigenvalue weighted by Gasteiger charge is -2.14. The summed E-state index contributed by atoms with van der Waals surface area (Å²) < 4.78 is 13.8. The lowest BCUT2D eigenvalue weighted by Crippen LogP contribution is -2.11. The third-order valence-corrected chi connectivity index (χ3v) is 5.45. The minimum absolute atomic E-state index is 0.188. The number of para-hydroxylation sites is 1. The molecule has 34 heavy (non-hydrogen) atoms. The van der Waals surface area contributed by atoms with Crippen LogP contribution in [0.15, 0.2) is 65.7 Å². The zero-order chi connectivity index (χ0) is 24.4. The summed E-state index contributed by atoms with van der Waals surface area (Å²) in [6.45, 7) is 0.774. The number of anilines is 1. The zero-order valence-corrected chi connectivity index (χ0v) is 18.8. The van der Waals surface area contributed by atoms with E-state index in [0.29, 0.717) is 39.0 Å². The van der Waals surface area contributed by atoms with Gasteiger partial charge >= 0.3 is 5.97 Å². The minimum Gasteiger partial charge on any atom is -0.494 e. The predicted octanol–water partition coefficient (Wildman–Crippen LogP) is 4.45. The molecule has 7 nitrogen and oxygen atoms in total. The number of hydrogen-bond acceptors (Lipinski definition) is 5. The minimum atomic E-state index is -1.01. The van der Waals surface area contributed by atoms with Crippen LogP contribution in [-0.2, 0) is 17.8 Å². The van der Waals surface area contributed by atoms with Crippen LogP contribution < -0.4 is 5.73 Å². The van der Waals surface area contributed by atoms with E-state index in [2.05, 4.69) is 9.88 Å². The highest BCUT2D eigenvalue weighted by Crippen LogP contribution is 2.34. The van der Waals surface area contributed by atoms with Crippen molar-refractivity contribution in [2.75, 3.05) is 19.8 Å². The van der Waals surface area contributed by atoms with E-state index in [4.69, 9.17) is 10.7 Å². The fourth-order valence-corrected chi connectivity index (χ4v) is 3.95. The number of rotatable bonds is 7. The maximum Gasteiger partial charge on any atom is 0.307 e. The number of fused-ring (bicyclic) bond motifs is 1. The number of aromatic hydroxyl groups is 1. The topological polar surface area (TPSA) is 115 Å². The highest BCUT2D eigenvalue weighted by molar-refractivity contribution is 6.24. The second kappa shape index (κ2) is 9.36. The van der Waals surface area contributed by atoms with Gasteiger partial charge in [0.05, 0.1) is 28.9 Å². The van der Waals surface area contributed by atoms with Crippen molar-refractivity contribution in [1.29, 1.82) is 0 Å². The van der Waals surface area contributed by atoms with Gasteiger partial charge in [-0.2, -0.15) is 0 Å². The Morgan fingerprint density at radius 1 is 1.12 bits per heavy atom. The molecule has 0 aliphatic heterocycles. The Kier molecular flexibility index (Phi) is 6.34. The summed E-state index contributed by atoms with van der Waals surface area (Å²) in [4.78, 5) is 21.0. The number of hydrogen-bond donors (Lipinski definition) is 4. The average Bonchev–Trinajstić information content (AvgIpc) is 3.09. The molecule has 0 fully saturated rings. The van der Waals surface area contributed by atoms with Gasteiger partial charge in [-0.05, 0) is 55.6 Å². The van der Waals surface area contributed by atoms with Crippen molar-refractivity contribution in [2.24, 2.45) is 4.99 Å². The molecule has 0 radical (unpaired) electrons. The molecule has 0 unspecified atom stereocenters. The van der Waals surface area contributed by atoms with Crippen molar-refractivity contribution >= 4 is 34.0 Å². The van der Waals surface area contributed by atoms with Crippen LogP contribution in [0.4, 0.5) is 15.8 Å². The van der Waals surface area contributed by atoms with Gasteiger partial charge in [0.1, 0.15) is 5.82 Å². The number of nitrogens with one attached hydrogen (secondary N) is 1. The number of aliphatic imine (C=N–C) groups is 1. The summed E-state index contributed by atoms with van der Waals surface area (Å²) in [5.74, 6) is -1.64. The summed E-state index contributed by atoms with van der Waals surface area (Å²) in [5.41, 5.74) is 10.4. The molecular formula is C26H25FN4O3. The number of nitrogen functional groups attached to an aromatic ring is 1. The van der Waals surface area contributed by atoms with E-state index in [1.54, 1.807) is 24.3 Å². The number of aromatic amines is 1. The molecule has 0 atom stereocenters. The maximum atomic E-state index is 13.8. The van der Waals surface area contributed by atoms with Crippen molar-refractivity contribution in [3.05, 3.63) is 88.7 Å². The van der Waals surface area contributed by atoms with E-state index in [1.165, 1.54) is 12.1 Å². The first kappa shape index (κ1) is 23.0. The van der Waals surface area contributed by atoms with Crippen molar-refractivity contribution in [1.82, 2.24) is 9.88 Å². The third-order valence-electron chi connectivity index (χ3n) is 5.45. The molecular weight excluding hydrogens is 435 g/mol. The molecule has 4 aromatic rings. The highest BCUT2D eigenvalue weighted by atomic mass is 19.1. The van der Waals surface area contributed by atoms with Crippen LogP contribution >= 0.6 is 0 Å². The Morgan fingerprint density at radius 3 is 2.53 bits per heavy atom. The molecule has 8 heteroatoms. The average molecular weight is 461 g/mol. The lowest BCUT2D eigenvalue weighted by molar-refractivity contribution is -0.136. The molecule has 0 saturated carbocycles. The molecule has 0 bridgehead atoms. The second-order valence-electron chi connectivity index (χ2n) is 8.35. The number of H-pyrrole nitrogens is 1. The van der Waals surface area contributed by atoms with Gasteiger partial charge in [-0.1, -0.05) is 30.3 Å². The molecule has 1 heterocycles. The van der Waals surface area contributed by atoms with E-state index >= 15 is 0 Å². The van der Waals surface area contributed by atoms with Gasteiger partial charge in [0, 0.05) is 23.2 Å². The van der Waals surface area contributed by atoms with Crippen LogP contribution in [0.1, 0.15) is 22.3 Å². The van der Waals surface area contributed by atoms with E-state index < -0.39 is 11.8 Å². The van der Waals surface area contributed by atoms with Gasteiger partial charge in [0.25, 0.3) is 0 Å². The largest absolute Gasteiger partial charge is 0.494 e. The van der Waals surface area contributed by atoms with Crippen molar-refractivity contribution in [2.45, 2.75) is 13.0 Å². The van der Waals surface area contributed by atoms with Crippen molar-refractivity contribution in [3.8, 4) is 5.88 Å². The number of carboxylic acids is 1. The number of nitrogens with two attached hydrogens (primary N) is 1. The lowest BCUT2D eigenvalue weighted by atomic mass is 9.96. The van der Waals surface area contributed by atoms with Gasteiger partial charge < -0.3 is 25.8 Å². The fraction of sp³-hybridized carbons (Fsp3) is 0.154. The quantitative estimate of drug-likeness (QED) is 0.240. The molecule has 174 valence electrons. The maximum absolute atomic E-state index is 13.8. The van der Waals surface area contributed by atoms with E-state index in [9.17, 15) is 19.4 Å². The van der Waals surface area contributed by atoms with E-state index in [1.807, 2.05) is 38.4 Å². The number of aliphatic carboxylic acids is 1. The molecule has 0 aliphatic carbocycles. The third kappa shape index (κ3) is 4.77. The van der Waals surface area contributed by atoms with E-state index in [0.717, 1.165) is 12.1 Å². The predicted molar refractivity (Wildman–Crippen MR) is 131 cm³/mol. The number of aromatic nitrogens is 1. The first-order valence-electron chi connectivity index (χ1n) is 10.7. The Labute approximate surface area is 196 Å². The van der Waals surface area contributed by atoms with Crippen molar-refractivity contribution < 1.29 is 19.4 Å². The first-order valence-corrected chi connectivity index (χ1v) is 10.7. The van der Waals surface area contributed by atoms with E-state index in [-0.39, 0.29) is 18.0 Å². The number of carbonyl (C=O) groups is 1. The van der Waals surface area contributed by atoms with Crippen LogP contribution in [0, 0.1) is 5.82 Å². The summed E-state index contributed by atoms with van der Waals surface area (Å²) in [6.07, 6.45) is -0.253. The number of halogens is 1. The van der Waals surface area contributed by atoms with Gasteiger partial charge in [-0.15, -0.1) is 0 Å². The smallest absolute Gasteiger partial charge is 0.307 e. The Bertz CT molecular complexity index is 1390. The summed E-state index contributed by atoms with van der Waals surface area (Å²) in [6, 6.07) is 16.9. The Morgan fingerprint density at radius 2 is 1.85 bits per heavy atom. The van der Waals surface area contributed by atoms with Gasteiger partial charge in [0.2, 0.25) is 0 Å². The monoisotopic (exact) mass is 460 g/mol. The Hall–Kier alpha value is -4.17. The second-order valence-corrected chi connectivity index (χ2v) is 8.35. The fourth-order valence-electron chi connectivity index (χ4n) is 3.95. The highest BCUT2D eigenvalue weighted by Gasteiger charge is 2.22. The van der Waals surface area contributed by atoms with Crippen molar-refractivity contribution in [3.63, 3.8) is 0 Å². The summed E-state index contributed by atoms with van der Waals surface area (Å²) in [7, 11) is 3.97. The SMILES string of the molecule is CN(C)Cc1ccc(N=C(c2cccc(CC(=O)O)c2N)c2c(O)[nH]c3cc(F)ccc23)cc1. The summed E-state index contributed by atoms with van der Waals surface area (Å²) in [5, 5.41) is 20.6. The number of benzene rings is 3. The normalized spacial score (nSPS) is 11.9. The molecule has 0 aliphatic rings. The molecule has 4 rings (SSSR count). The van der Waals surface area contributed by atoms with Crippen LogP contribution in [-0.4, -0.2) is 45.9 Å².